The van der Waals surface area contributed by atoms with Gasteiger partial charge in [-0.05, 0) is 30.2 Å². The molecule has 1 N–H and O–H groups in total. The summed E-state index contributed by atoms with van der Waals surface area (Å²) in [6, 6.07) is 20.5. The van der Waals surface area contributed by atoms with Crippen LogP contribution in [0.1, 0.15) is 29.0 Å². The summed E-state index contributed by atoms with van der Waals surface area (Å²) >= 11 is 0. The normalized spacial score (nSPS) is 15.6. The fourth-order valence-corrected chi connectivity index (χ4v) is 3.44. The molecule has 1 atom stereocenters. The fourth-order valence-electron chi connectivity index (χ4n) is 3.44. The van der Waals surface area contributed by atoms with Gasteiger partial charge in [0.15, 0.2) is 0 Å². The van der Waals surface area contributed by atoms with Crippen molar-refractivity contribution in [1.82, 2.24) is 10.3 Å². The second-order valence-electron chi connectivity index (χ2n) is 6.76. The lowest BCUT2D eigenvalue weighted by Crippen LogP contribution is -2.25. The van der Waals surface area contributed by atoms with E-state index in [4.69, 9.17) is 9.47 Å². The number of nitrogens with zero attached hydrogens (tertiary/aromatic N) is 1. The van der Waals surface area contributed by atoms with Gasteiger partial charge in [-0.1, -0.05) is 42.5 Å². The molecule has 4 rings (SSSR count). The highest BCUT2D eigenvalue weighted by Crippen LogP contribution is 2.32. The van der Waals surface area contributed by atoms with Crippen molar-refractivity contribution in [2.45, 2.75) is 25.5 Å². The molecule has 0 spiro atoms. The van der Waals surface area contributed by atoms with Crippen LogP contribution in [0.15, 0.2) is 73.1 Å². The van der Waals surface area contributed by atoms with E-state index in [1.54, 1.807) is 6.20 Å². The van der Waals surface area contributed by atoms with Gasteiger partial charge >= 0.3 is 0 Å². The zero-order valence-corrected chi connectivity index (χ0v) is 15.3. The maximum atomic E-state index is 6.02. The largest absolute Gasteiger partial charge is 0.493 e. The Bertz CT molecular complexity index is 867. The molecule has 0 bridgehead atoms. The summed E-state index contributed by atoms with van der Waals surface area (Å²) in [7, 11) is 0. The molecule has 0 amide bonds. The van der Waals surface area contributed by atoms with Gasteiger partial charge in [0.2, 0.25) is 0 Å². The number of fused-ring (bicyclic) bond motifs is 1. The Morgan fingerprint density at radius 2 is 1.93 bits per heavy atom. The van der Waals surface area contributed by atoms with Crippen molar-refractivity contribution >= 4 is 0 Å². The van der Waals surface area contributed by atoms with Crippen molar-refractivity contribution < 1.29 is 9.47 Å². The second-order valence-corrected chi connectivity index (χ2v) is 6.76. The SMILES string of the molecule is c1cncc(COc2ccccc2CNCC2CCOc3ccccc32)c1. The van der Waals surface area contributed by atoms with Gasteiger partial charge in [0, 0.05) is 42.5 Å². The van der Waals surface area contributed by atoms with E-state index in [2.05, 4.69) is 40.6 Å². The van der Waals surface area contributed by atoms with Crippen LogP contribution in [-0.4, -0.2) is 18.1 Å². The lowest BCUT2D eigenvalue weighted by molar-refractivity contribution is 0.264. The average molecular weight is 360 g/mol. The molecule has 2 heterocycles. The van der Waals surface area contributed by atoms with Crippen molar-refractivity contribution in [2.24, 2.45) is 0 Å². The maximum absolute atomic E-state index is 6.02. The summed E-state index contributed by atoms with van der Waals surface area (Å²) in [5.41, 5.74) is 3.54. The molecule has 0 saturated carbocycles. The minimum atomic E-state index is 0.485. The van der Waals surface area contributed by atoms with Crippen molar-refractivity contribution in [3.8, 4) is 11.5 Å². The molecule has 3 aromatic rings. The first-order chi connectivity index (χ1) is 13.4. The Morgan fingerprint density at radius 3 is 2.85 bits per heavy atom. The number of ether oxygens (including phenoxy) is 2. The van der Waals surface area contributed by atoms with E-state index in [1.807, 2.05) is 36.5 Å². The molecule has 0 radical (unpaired) electrons. The molecule has 138 valence electrons. The van der Waals surface area contributed by atoms with Crippen LogP contribution in [0.3, 0.4) is 0 Å². The Labute approximate surface area is 160 Å². The predicted molar refractivity (Wildman–Crippen MR) is 106 cm³/mol. The van der Waals surface area contributed by atoms with Crippen LogP contribution in [0, 0.1) is 0 Å². The van der Waals surface area contributed by atoms with E-state index in [0.29, 0.717) is 12.5 Å². The fraction of sp³-hybridized carbons (Fsp3) is 0.261. The Hall–Kier alpha value is -2.85. The summed E-state index contributed by atoms with van der Waals surface area (Å²) in [4.78, 5) is 4.14. The van der Waals surface area contributed by atoms with E-state index in [9.17, 15) is 0 Å². The maximum Gasteiger partial charge on any atom is 0.124 e. The molecule has 1 aliphatic rings. The van der Waals surface area contributed by atoms with Crippen LogP contribution in [-0.2, 0) is 13.2 Å². The van der Waals surface area contributed by atoms with Crippen LogP contribution < -0.4 is 14.8 Å². The molecule has 0 saturated heterocycles. The van der Waals surface area contributed by atoms with E-state index in [0.717, 1.165) is 43.2 Å². The Morgan fingerprint density at radius 1 is 1.04 bits per heavy atom. The molecule has 4 heteroatoms. The van der Waals surface area contributed by atoms with Gasteiger partial charge in [0.25, 0.3) is 0 Å². The van der Waals surface area contributed by atoms with Gasteiger partial charge in [0.05, 0.1) is 6.61 Å². The summed E-state index contributed by atoms with van der Waals surface area (Å²) < 4.78 is 11.8. The van der Waals surface area contributed by atoms with E-state index >= 15 is 0 Å². The average Bonchev–Trinajstić information content (AvgIpc) is 2.74. The first-order valence-electron chi connectivity index (χ1n) is 9.42. The molecule has 27 heavy (non-hydrogen) atoms. The topological polar surface area (TPSA) is 43.4 Å². The lowest BCUT2D eigenvalue weighted by Gasteiger charge is -2.26. The van der Waals surface area contributed by atoms with E-state index in [1.165, 1.54) is 11.1 Å². The van der Waals surface area contributed by atoms with Gasteiger partial charge in [-0.15, -0.1) is 0 Å². The third-order valence-corrected chi connectivity index (χ3v) is 4.88. The van der Waals surface area contributed by atoms with Crippen LogP contribution in [0.25, 0.3) is 0 Å². The van der Waals surface area contributed by atoms with Gasteiger partial charge < -0.3 is 14.8 Å². The molecular weight excluding hydrogens is 336 g/mol. The highest BCUT2D eigenvalue weighted by molar-refractivity contribution is 5.38. The first kappa shape index (κ1) is 17.6. The second kappa shape index (κ2) is 8.69. The van der Waals surface area contributed by atoms with Crippen LogP contribution in [0.4, 0.5) is 0 Å². The van der Waals surface area contributed by atoms with Crippen LogP contribution in [0.2, 0.25) is 0 Å². The molecule has 0 fully saturated rings. The third-order valence-electron chi connectivity index (χ3n) is 4.88. The van der Waals surface area contributed by atoms with Gasteiger partial charge in [-0.2, -0.15) is 0 Å². The summed E-state index contributed by atoms with van der Waals surface area (Å²) in [6.45, 7) is 3.02. The molecule has 4 nitrogen and oxygen atoms in total. The molecule has 0 aliphatic carbocycles. The molecule has 2 aromatic carbocycles. The van der Waals surface area contributed by atoms with Gasteiger partial charge in [0.1, 0.15) is 18.1 Å². The molecule has 1 unspecified atom stereocenters. The number of benzene rings is 2. The minimum Gasteiger partial charge on any atom is -0.493 e. The minimum absolute atomic E-state index is 0.485. The zero-order valence-electron chi connectivity index (χ0n) is 15.3. The van der Waals surface area contributed by atoms with E-state index < -0.39 is 0 Å². The number of pyridine rings is 1. The number of rotatable bonds is 7. The van der Waals surface area contributed by atoms with Crippen LogP contribution >= 0.6 is 0 Å². The van der Waals surface area contributed by atoms with Crippen molar-refractivity contribution in [1.29, 1.82) is 0 Å². The standard InChI is InChI=1S/C23H24N2O2/c1-3-9-22(27-17-18-6-5-12-24-14-18)20(7-1)16-25-15-19-11-13-26-23-10-4-2-8-21(19)23/h1-10,12,14,19,25H,11,13,15-17H2. The smallest absolute Gasteiger partial charge is 0.124 e. The molecule has 1 aliphatic heterocycles. The van der Waals surface area contributed by atoms with Crippen LogP contribution in [0.5, 0.6) is 11.5 Å². The highest BCUT2D eigenvalue weighted by Gasteiger charge is 2.20. The number of hydrogen-bond acceptors (Lipinski definition) is 4. The summed E-state index contributed by atoms with van der Waals surface area (Å²) in [5.74, 6) is 2.43. The summed E-state index contributed by atoms with van der Waals surface area (Å²) in [6.07, 6.45) is 4.66. The van der Waals surface area contributed by atoms with Gasteiger partial charge in [-0.3, -0.25) is 4.98 Å². The third kappa shape index (κ3) is 4.47. The molecule has 1 aromatic heterocycles. The Balaban J connectivity index is 1.35. The predicted octanol–water partition coefficient (Wildman–Crippen LogP) is 4.32. The quantitative estimate of drug-likeness (QED) is 0.682. The number of aromatic nitrogens is 1. The monoisotopic (exact) mass is 360 g/mol. The first-order valence-corrected chi connectivity index (χ1v) is 9.42. The van der Waals surface area contributed by atoms with Crippen molar-refractivity contribution in [3.05, 3.63) is 89.7 Å². The number of nitrogens with one attached hydrogen (secondary N) is 1. The number of hydrogen-bond donors (Lipinski definition) is 1. The highest BCUT2D eigenvalue weighted by atomic mass is 16.5. The lowest BCUT2D eigenvalue weighted by atomic mass is 9.93. The van der Waals surface area contributed by atoms with Crippen molar-refractivity contribution in [3.63, 3.8) is 0 Å². The number of para-hydroxylation sites is 2. The van der Waals surface area contributed by atoms with Crippen molar-refractivity contribution in [2.75, 3.05) is 13.2 Å². The van der Waals surface area contributed by atoms with E-state index in [-0.39, 0.29) is 0 Å². The zero-order chi connectivity index (χ0) is 18.3. The van der Waals surface area contributed by atoms with Gasteiger partial charge in [-0.25, -0.2) is 0 Å². The Kier molecular flexibility index (Phi) is 5.65. The molecular formula is C23H24N2O2. The summed E-state index contributed by atoms with van der Waals surface area (Å²) in [5, 5.41) is 3.60.